The molecule has 4 aromatic carbocycles. The minimum Gasteiger partial charge on any atom is -0.491 e. The predicted octanol–water partition coefficient (Wildman–Crippen LogP) is 7.36. The molecule has 0 saturated carbocycles. The molecule has 0 radical (unpaired) electrons. The van der Waals surface area contributed by atoms with Crippen LogP contribution in [0.4, 0.5) is 0 Å². The molecule has 1 N–H and O–H groups in total. The van der Waals surface area contributed by atoms with Gasteiger partial charge in [0.05, 0.1) is 5.56 Å². The van der Waals surface area contributed by atoms with Gasteiger partial charge in [-0.25, -0.2) is 4.79 Å². The van der Waals surface area contributed by atoms with E-state index in [2.05, 4.69) is 62.1 Å². The van der Waals surface area contributed by atoms with Crippen LogP contribution < -0.4 is 9.47 Å². The van der Waals surface area contributed by atoms with Crippen molar-refractivity contribution >= 4 is 17.1 Å². The van der Waals surface area contributed by atoms with Crippen molar-refractivity contribution in [2.45, 2.75) is 33.3 Å². The van der Waals surface area contributed by atoms with Crippen LogP contribution in [0.1, 0.15) is 54.2 Å². The molecule has 0 aliphatic heterocycles. The summed E-state index contributed by atoms with van der Waals surface area (Å²) >= 11 is 0. The molecule has 5 heteroatoms. The number of aliphatic hydroxyl groups excluding tert-OH is 1. The molecular weight excluding hydrogens is 510 g/mol. The SMILES string of the molecule is CC/C(=C(/c1ccc(OCC(O)CN(CC)CC)cc1)c1ccc(OC(=O)c2ccccc2)cc1)c1ccccc1. The maximum atomic E-state index is 12.5. The highest BCUT2D eigenvalue weighted by molar-refractivity contribution is 5.98. The zero-order chi connectivity index (χ0) is 29.0. The lowest BCUT2D eigenvalue weighted by Gasteiger charge is -2.22. The Balaban J connectivity index is 1.59. The first-order valence-electron chi connectivity index (χ1n) is 14.3. The third-order valence-corrected chi connectivity index (χ3v) is 7.09. The lowest BCUT2D eigenvalue weighted by Crippen LogP contribution is -2.35. The number of rotatable bonds is 13. The van der Waals surface area contributed by atoms with E-state index in [9.17, 15) is 9.90 Å². The van der Waals surface area contributed by atoms with Crippen LogP contribution in [0.15, 0.2) is 109 Å². The molecule has 0 amide bonds. The molecule has 1 unspecified atom stereocenters. The molecule has 5 nitrogen and oxygen atoms in total. The number of benzene rings is 4. The van der Waals surface area contributed by atoms with E-state index >= 15 is 0 Å². The number of hydrogen-bond acceptors (Lipinski definition) is 5. The fourth-order valence-corrected chi connectivity index (χ4v) is 4.85. The Morgan fingerprint density at radius 2 is 1.20 bits per heavy atom. The number of carbonyl (C=O) groups excluding carboxylic acids is 1. The molecule has 0 aliphatic carbocycles. The minimum absolute atomic E-state index is 0.242. The Labute approximate surface area is 243 Å². The molecule has 212 valence electrons. The van der Waals surface area contributed by atoms with E-state index in [4.69, 9.17) is 9.47 Å². The maximum absolute atomic E-state index is 12.5. The summed E-state index contributed by atoms with van der Waals surface area (Å²) < 4.78 is 11.5. The Bertz CT molecular complexity index is 1390. The lowest BCUT2D eigenvalue weighted by atomic mass is 9.88. The average Bonchev–Trinajstić information content (AvgIpc) is 3.03. The van der Waals surface area contributed by atoms with Crippen molar-refractivity contribution in [2.24, 2.45) is 0 Å². The van der Waals surface area contributed by atoms with Gasteiger partial charge in [-0.05, 0) is 83.7 Å². The second-order valence-corrected chi connectivity index (χ2v) is 9.83. The van der Waals surface area contributed by atoms with Crippen LogP contribution in [0.25, 0.3) is 11.1 Å². The summed E-state index contributed by atoms with van der Waals surface area (Å²) in [6.45, 7) is 8.96. The van der Waals surface area contributed by atoms with Gasteiger partial charge in [-0.3, -0.25) is 0 Å². The summed E-state index contributed by atoms with van der Waals surface area (Å²) in [4.78, 5) is 14.7. The molecule has 4 rings (SSSR count). The molecular formula is C36H39NO4. The van der Waals surface area contributed by atoms with Gasteiger partial charge in [0.1, 0.15) is 24.2 Å². The normalized spacial score (nSPS) is 12.5. The molecule has 0 spiro atoms. The molecule has 41 heavy (non-hydrogen) atoms. The number of esters is 1. The summed E-state index contributed by atoms with van der Waals surface area (Å²) in [7, 11) is 0. The summed E-state index contributed by atoms with van der Waals surface area (Å²) in [6.07, 6.45) is 0.282. The van der Waals surface area contributed by atoms with Crippen molar-refractivity contribution in [2.75, 3.05) is 26.2 Å². The van der Waals surface area contributed by atoms with E-state index in [0.29, 0.717) is 23.6 Å². The van der Waals surface area contributed by atoms with E-state index in [1.807, 2.05) is 60.7 Å². The van der Waals surface area contributed by atoms with Crippen molar-refractivity contribution in [3.63, 3.8) is 0 Å². The molecule has 0 heterocycles. The van der Waals surface area contributed by atoms with Crippen molar-refractivity contribution in [1.29, 1.82) is 0 Å². The van der Waals surface area contributed by atoms with E-state index in [1.54, 1.807) is 12.1 Å². The van der Waals surface area contributed by atoms with Gasteiger partial charge >= 0.3 is 5.97 Å². The minimum atomic E-state index is -0.552. The average molecular weight is 550 g/mol. The first kappa shape index (κ1) is 29.8. The monoisotopic (exact) mass is 549 g/mol. The van der Waals surface area contributed by atoms with Crippen molar-refractivity contribution in [3.8, 4) is 11.5 Å². The maximum Gasteiger partial charge on any atom is 0.343 e. The van der Waals surface area contributed by atoms with Crippen LogP contribution in [-0.2, 0) is 0 Å². The van der Waals surface area contributed by atoms with E-state index in [0.717, 1.165) is 41.8 Å². The number of likely N-dealkylation sites (N-methyl/N-ethyl adjacent to an activating group) is 1. The second-order valence-electron chi connectivity index (χ2n) is 9.83. The highest BCUT2D eigenvalue weighted by Crippen LogP contribution is 2.35. The fraction of sp³-hybridized carbons (Fsp3) is 0.250. The number of nitrogens with zero attached hydrogens (tertiary/aromatic N) is 1. The molecule has 0 bridgehead atoms. The topological polar surface area (TPSA) is 59.0 Å². The molecule has 0 saturated heterocycles. The largest absolute Gasteiger partial charge is 0.491 e. The smallest absolute Gasteiger partial charge is 0.343 e. The lowest BCUT2D eigenvalue weighted by molar-refractivity contribution is 0.0716. The Morgan fingerprint density at radius 3 is 1.71 bits per heavy atom. The number of carbonyl (C=O) groups is 1. The highest BCUT2D eigenvalue weighted by atomic mass is 16.5. The van der Waals surface area contributed by atoms with Gasteiger partial charge in [0.25, 0.3) is 0 Å². The summed E-state index contributed by atoms with van der Waals surface area (Å²) in [5.41, 5.74) is 6.06. The summed E-state index contributed by atoms with van der Waals surface area (Å²) in [5, 5.41) is 10.4. The van der Waals surface area contributed by atoms with E-state index in [1.165, 1.54) is 5.57 Å². The van der Waals surface area contributed by atoms with Gasteiger partial charge in [0, 0.05) is 6.54 Å². The highest BCUT2D eigenvalue weighted by Gasteiger charge is 2.15. The summed E-state index contributed by atoms with van der Waals surface area (Å²) in [5.74, 6) is 0.824. The van der Waals surface area contributed by atoms with Crippen molar-refractivity contribution in [3.05, 3.63) is 131 Å². The number of hydrogen-bond donors (Lipinski definition) is 1. The Morgan fingerprint density at radius 1 is 0.683 bits per heavy atom. The standard InChI is InChI=1S/C36H39NO4/c1-4-34(27-13-9-7-10-14-27)35(28-17-21-32(22-18-28)40-26-31(38)25-37(5-2)6-3)29-19-23-33(24-20-29)41-36(39)30-15-11-8-12-16-30/h7-24,31,38H,4-6,25-26H2,1-3H3/b35-34+. The Hall–Kier alpha value is -4.19. The molecule has 1 atom stereocenters. The van der Waals surface area contributed by atoms with E-state index in [-0.39, 0.29) is 12.6 Å². The first-order valence-corrected chi connectivity index (χ1v) is 14.3. The van der Waals surface area contributed by atoms with Crippen molar-refractivity contribution < 1.29 is 19.4 Å². The van der Waals surface area contributed by atoms with Crippen LogP contribution in [0.2, 0.25) is 0 Å². The predicted molar refractivity (Wildman–Crippen MR) is 166 cm³/mol. The van der Waals surface area contributed by atoms with E-state index < -0.39 is 6.10 Å². The molecule has 4 aromatic rings. The number of aliphatic hydroxyl groups is 1. The molecule has 0 aliphatic rings. The van der Waals surface area contributed by atoms with Crippen molar-refractivity contribution in [1.82, 2.24) is 4.90 Å². The zero-order valence-corrected chi connectivity index (χ0v) is 24.1. The molecule has 0 fully saturated rings. The third kappa shape index (κ3) is 8.16. The number of ether oxygens (including phenoxy) is 2. The van der Waals surface area contributed by atoms with Crippen LogP contribution >= 0.6 is 0 Å². The van der Waals surface area contributed by atoms with Gasteiger partial charge in [-0.15, -0.1) is 0 Å². The quantitative estimate of drug-likeness (QED) is 0.107. The van der Waals surface area contributed by atoms with Gasteiger partial charge in [0.15, 0.2) is 0 Å². The first-order chi connectivity index (χ1) is 20.0. The van der Waals surface area contributed by atoms with Gasteiger partial charge < -0.3 is 19.5 Å². The Kier molecular flexibility index (Phi) is 10.9. The van der Waals surface area contributed by atoms with Gasteiger partial charge in [-0.2, -0.15) is 0 Å². The van der Waals surface area contributed by atoms with Crippen LogP contribution in [-0.4, -0.2) is 48.3 Å². The zero-order valence-electron chi connectivity index (χ0n) is 24.1. The van der Waals surface area contributed by atoms with Crippen LogP contribution in [0.5, 0.6) is 11.5 Å². The second kappa shape index (κ2) is 15.0. The van der Waals surface area contributed by atoms with Gasteiger partial charge in [-0.1, -0.05) is 93.6 Å². The fourth-order valence-electron chi connectivity index (χ4n) is 4.85. The van der Waals surface area contributed by atoms with Crippen LogP contribution in [0.3, 0.4) is 0 Å². The molecule has 0 aromatic heterocycles. The van der Waals surface area contributed by atoms with Crippen LogP contribution in [0, 0.1) is 0 Å². The third-order valence-electron chi connectivity index (χ3n) is 7.09. The number of allylic oxidation sites excluding steroid dienone is 1. The van der Waals surface area contributed by atoms with Gasteiger partial charge in [0.2, 0.25) is 0 Å². The summed E-state index contributed by atoms with van der Waals surface area (Å²) in [6, 6.07) is 35.0.